The highest BCUT2D eigenvalue weighted by molar-refractivity contribution is 5.32. The lowest BCUT2D eigenvalue weighted by molar-refractivity contribution is 0.465. The normalized spacial score (nSPS) is 13.4. The van der Waals surface area contributed by atoms with Gasteiger partial charge >= 0.3 is 0 Å². The van der Waals surface area contributed by atoms with Gasteiger partial charge in [-0.05, 0) is 29.7 Å². The summed E-state index contributed by atoms with van der Waals surface area (Å²) in [6.07, 6.45) is 7.07. The molecule has 1 nitrogen and oxygen atoms in total. The van der Waals surface area contributed by atoms with Crippen molar-refractivity contribution in [1.82, 2.24) is 5.32 Å². The highest BCUT2D eigenvalue weighted by Gasteiger charge is 2.17. The summed E-state index contributed by atoms with van der Waals surface area (Å²) >= 11 is 0. The van der Waals surface area contributed by atoms with Crippen LogP contribution in [0.3, 0.4) is 0 Å². The molecule has 2 aromatic carbocycles. The van der Waals surface area contributed by atoms with Gasteiger partial charge in [0, 0.05) is 12.5 Å². The van der Waals surface area contributed by atoms with Gasteiger partial charge in [-0.1, -0.05) is 49.4 Å². The Morgan fingerprint density at radius 1 is 1.05 bits per heavy atom. The van der Waals surface area contributed by atoms with E-state index < -0.39 is 0 Å². The summed E-state index contributed by atoms with van der Waals surface area (Å²) in [6.45, 7) is 2.11. The zero-order chi connectivity index (χ0) is 15.1. The molecule has 0 aliphatic heterocycles. The monoisotopic (exact) mass is 281 g/mol. The lowest BCUT2D eigenvalue weighted by atomic mass is 9.97. The summed E-state index contributed by atoms with van der Waals surface area (Å²) in [7, 11) is 0. The van der Waals surface area contributed by atoms with Gasteiger partial charge in [0.1, 0.15) is 5.82 Å². The van der Waals surface area contributed by atoms with Crippen LogP contribution in [0, 0.1) is 18.2 Å². The average Bonchev–Trinajstić information content (AvgIpc) is 2.53. The van der Waals surface area contributed by atoms with Crippen LogP contribution in [0.1, 0.15) is 36.9 Å². The minimum Gasteiger partial charge on any atom is -0.303 e. The molecule has 0 aliphatic carbocycles. The fraction of sp³-hybridized carbons (Fsp3) is 0.263. The molecule has 0 saturated heterocycles. The molecule has 0 amide bonds. The molecule has 2 aromatic rings. The van der Waals surface area contributed by atoms with Crippen molar-refractivity contribution in [2.45, 2.75) is 31.8 Å². The number of halogens is 1. The van der Waals surface area contributed by atoms with E-state index in [2.05, 4.69) is 30.3 Å². The van der Waals surface area contributed by atoms with Crippen molar-refractivity contribution in [2.24, 2.45) is 0 Å². The van der Waals surface area contributed by atoms with Crippen LogP contribution in [0.5, 0.6) is 0 Å². The summed E-state index contributed by atoms with van der Waals surface area (Å²) < 4.78 is 13.2. The lowest BCUT2D eigenvalue weighted by Gasteiger charge is -2.25. The second-order valence-corrected chi connectivity index (χ2v) is 5.08. The second kappa shape index (κ2) is 7.61. The van der Waals surface area contributed by atoms with Crippen LogP contribution in [0.15, 0.2) is 54.6 Å². The molecule has 2 heteroatoms. The molecular weight excluding hydrogens is 261 g/mol. The molecule has 108 valence electrons. The summed E-state index contributed by atoms with van der Waals surface area (Å²) in [5.41, 5.74) is 2.19. The maximum Gasteiger partial charge on any atom is 0.123 e. The largest absolute Gasteiger partial charge is 0.303 e. The third-order valence-electron chi connectivity index (χ3n) is 3.60. The zero-order valence-electron chi connectivity index (χ0n) is 12.2. The van der Waals surface area contributed by atoms with Crippen LogP contribution >= 0.6 is 0 Å². The van der Waals surface area contributed by atoms with Gasteiger partial charge in [-0.3, -0.25) is 0 Å². The average molecular weight is 281 g/mol. The molecule has 2 unspecified atom stereocenters. The fourth-order valence-electron chi connectivity index (χ4n) is 2.38. The number of rotatable bonds is 6. The number of terminal acetylenes is 1. The molecule has 1 N–H and O–H groups in total. The van der Waals surface area contributed by atoms with Crippen LogP contribution in [-0.4, -0.2) is 6.04 Å². The Morgan fingerprint density at radius 2 is 1.67 bits per heavy atom. The van der Waals surface area contributed by atoms with E-state index in [0.717, 1.165) is 17.5 Å². The van der Waals surface area contributed by atoms with Crippen LogP contribution < -0.4 is 5.32 Å². The number of nitrogens with one attached hydrogen (secondary N) is 1. The highest BCUT2D eigenvalue weighted by Crippen LogP contribution is 2.23. The maximum atomic E-state index is 13.2. The van der Waals surface area contributed by atoms with Crippen molar-refractivity contribution < 1.29 is 4.39 Å². The predicted molar refractivity (Wildman–Crippen MR) is 85.3 cm³/mol. The van der Waals surface area contributed by atoms with E-state index in [4.69, 9.17) is 6.42 Å². The molecule has 0 fully saturated rings. The molecule has 0 bridgehead atoms. The van der Waals surface area contributed by atoms with Gasteiger partial charge < -0.3 is 5.32 Å². The third kappa shape index (κ3) is 4.18. The first-order valence-electron chi connectivity index (χ1n) is 7.24. The minimum atomic E-state index is -0.221. The van der Waals surface area contributed by atoms with E-state index in [9.17, 15) is 4.39 Å². The van der Waals surface area contributed by atoms with Crippen molar-refractivity contribution in [3.8, 4) is 12.3 Å². The number of hydrogen-bond donors (Lipinski definition) is 1. The first-order chi connectivity index (χ1) is 10.2. The number of benzene rings is 2. The van der Waals surface area contributed by atoms with Crippen LogP contribution in [0.4, 0.5) is 4.39 Å². The van der Waals surface area contributed by atoms with Crippen molar-refractivity contribution in [3.05, 3.63) is 71.5 Å². The van der Waals surface area contributed by atoms with Gasteiger partial charge in [0.15, 0.2) is 0 Å². The molecular formula is C19H20FN. The quantitative estimate of drug-likeness (QED) is 0.778. The van der Waals surface area contributed by atoms with Crippen LogP contribution in [0.25, 0.3) is 0 Å². The van der Waals surface area contributed by atoms with E-state index in [1.165, 1.54) is 12.1 Å². The molecule has 0 heterocycles. The minimum absolute atomic E-state index is 0.0186. The van der Waals surface area contributed by atoms with Gasteiger partial charge in [0.05, 0.1) is 6.04 Å². The smallest absolute Gasteiger partial charge is 0.123 e. The molecule has 0 spiro atoms. The van der Waals surface area contributed by atoms with Gasteiger partial charge in [-0.2, -0.15) is 0 Å². The summed E-state index contributed by atoms with van der Waals surface area (Å²) in [5, 5.41) is 3.59. The van der Waals surface area contributed by atoms with E-state index in [1.54, 1.807) is 0 Å². The summed E-state index contributed by atoms with van der Waals surface area (Å²) in [6, 6.07) is 17.0. The van der Waals surface area contributed by atoms with Crippen molar-refractivity contribution in [1.29, 1.82) is 0 Å². The Morgan fingerprint density at radius 3 is 2.24 bits per heavy atom. The van der Waals surface area contributed by atoms with Gasteiger partial charge in [0.25, 0.3) is 0 Å². The predicted octanol–water partition coefficient (Wildman–Crippen LogP) is 4.31. The first kappa shape index (κ1) is 15.3. The number of hydrogen-bond acceptors (Lipinski definition) is 1. The van der Waals surface area contributed by atoms with E-state index in [0.29, 0.717) is 6.42 Å². The SMILES string of the molecule is C#CCC(CC)NC(c1ccccc1)c1ccc(F)cc1. The zero-order valence-corrected chi connectivity index (χ0v) is 12.2. The Hall–Kier alpha value is -2.11. The second-order valence-electron chi connectivity index (χ2n) is 5.08. The topological polar surface area (TPSA) is 12.0 Å². The molecule has 0 aliphatic rings. The van der Waals surface area contributed by atoms with Gasteiger partial charge in [-0.25, -0.2) is 4.39 Å². The molecule has 0 saturated carbocycles. The summed E-state index contributed by atoms with van der Waals surface area (Å²) in [4.78, 5) is 0. The first-order valence-corrected chi connectivity index (χ1v) is 7.24. The van der Waals surface area contributed by atoms with E-state index >= 15 is 0 Å². The standard InChI is InChI=1S/C19H20FN/c1-3-8-18(4-2)21-19(15-9-6-5-7-10-15)16-11-13-17(20)14-12-16/h1,5-7,9-14,18-19,21H,4,8H2,2H3. The highest BCUT2D eigenvalue weighted by atomic mass is 19.1. The van der Waals surface area contributed by atoms with E-state index in [1.807, 2.05) is 30.3 Å². The molecule has 0 aromatic heterocycles. The van der Waals surface area contributed by atoms with Gasteiger partial charge in [-0.15, -0.1) is 12.3 Å². The van der Waals surface area contributed by atoms with Gasteiger partial charge in [0.2, 0.25) is 0 Å². The van der Waals surface area contributed by atoms with Crippen molar-refractivity contribution >= 4 is 0 Å². The van der Waals surface area contributed by atoms with Crippen LogP contribution in [-0.2, 0) is 0 Å². The third-order valence-corrected chi connectivity index (χ3v) is 3.60. The molecule has 0 radical (unpaired) electrons. The van der Waals surface area contributed by atoms with Crippen molar-refractivity contribution in [3.63, 3.8) is 0 Å². The van der Waals surface area contributed by atoms with Crippen LogP contribution in [0.2, 0.25) is 0 Å². The fourth-order valence-corrected chi connectivity index (χ4v) is 2.38. The van der Waals surface area contributed by atoms with Crippen molar-refractivity contribution in [2.75, 3.05) is 0 Å². The maximum absolute atomic E-state index is 13.2. The molecule has 2 rings (SSSR count). The summed E-state index contributed by atoms with van der Waals surface area (Å²) in [5.74, 6) is 2.49. The van der Waals surface area contributed by atoms with E-state index in [-0.39, 0.29) is 17.9 Å². The Labute approximate surface area is 126 Å². The lowest BCUT2D eigenvalue weighted by Crippen LogP contribution is -2.32. The molecule has 21 heavy (non-hydrogen) atoms. The Bertz CT molecular complexity index is 583. The Kier molecular flexibility index (Phi) is 5.54. The molecule has 2 atom stereocenters. The Balaban J connectivity index is 2.31.